The van der Waals surface area contributed by atoms with E-state index in [-0.39, 0.29) is 0 Å². The maximum Gasteiger partial charge on any atom is 0.137 e. The van der Waals surface area contributed by atoms with E-state index in [9.17, 15) is 0 Å². The minimum absolute atomic E-state index is 0.379. The van der Waals surface area contributed by atoms with E-state index >= 15 is 0 Å². The van der Waals surface area contributed by atoms with Gasteiger partial charge in [0.05, 0.1) is 17.5 Å². The lowest BCUT2D eigenvalue weighted by atomic mass is 10.1. The minimum atomic E-state index is 0.379. The average molecular weight is 425 g/mol. The summed E-state index contributed by atoms with van der Waals surface area (Å²) in [7, 11) is 4.19. The van der Waals surface area contributed by atoms with Crippen LogP contribution in [0.2, 0.25) is 10.2 Å². The van der Waals surface area contributed by atoms with Crippen molar-refractivity contribution in [1.82, 2.24) is 19.6 Å². The molecule has 0 spiro atoms. The fraction of sp³-hybridized carbons (Fsp3) is 0.571. The number of aromatic nitrogens is 2. The molecule has 154 valence electrons. The molecule has 0 unspecified atom stereocenters. The summed E-state index contributed by atoms with van der Waals surface area (Å²) < 4.78 is 7.82. The number of ether oxygens (including phenoxy) is 1. The molecule has 0 saturated carbocycles. The van der Waals surface area contributed by atoms with Gasteiger partial charge < -0.3 is 9.64 Å². The second-order valence-electron chi connectivity index (χ2n) is 7.75. The van der Waals surface area contributed by atoms with Crippen molar-refractivity contribution >= 4 is 23.2 Å². The second-order valence-corrected chi connectivity index (χ2v) is 8.54. The van der Waals surface area contributed by atoms with Gasteiger partial charge in [-0.3, -0.25) is 4.90 Å². The van der Waals surface area contributed by atoms with Crippen LogP contribution in [-0.2, 0) is 11.3 Å². The number of rotatable bonds is 8. The Morgan fingerprint density at radius 3 is 2.64 bits per heavy atom. The van der Waals surface area contributed by atoms with Gasteiger partial charge in [-0.05, 0) is 65.0 Å². The fourth-order valence-electron chi connectivity index (χ4n) is 3.58. The molecular formula is C21H30Cl2N4O. The lowest BCUT2D eigenvalue weighted by Crippen LogP contribution is -2.37. The van der Waals surface area contributed by atoms with E-state index in [0.717, 1.165) is 69.0 Å². The highest BCUT2D eigenvalue weighted by Gasteiger charge is 2.23. The molecule has 2 aromatic rings. The lowest BCUT2D eigenvalue weighted by Gasteiger charge is -2.32. The van der Waals surface area contributed by atoms with Crippen molar-refractivity contribution in [2.45, 2.75) is 38.8 Å². The molecule has 2 heterocycles. The third-order valence-corrected chi connectivity index (χ3v) is 5.82. The van der Waals surface area contributed by atoms with Crippen LogP contribution in [0.4, 0.5) is 0 Å². The monoisotopic (exact) mass is 424 g/mol. The Balaban J connectivity index is 1.54. The first-order chi connectivity index (χ1) is 13.4. The van der Waals surface area contributed by atoms with Crippen molar-refractivity contribution in [2.75, 3.05) is 40.3 Å². The molecular weight excluding hydrogens is 395 g/mol. The SMILES string of the molecule is Cc1nn(-c2cccc(Cl)c2)c(Cl)c1CN1CCC(OCCCN(C)C)CC1. The van der Waals surface area contributed by atoms with Gasteiger partial charge in [-0.25, -0.2) is 4.68 Å². The maximum atomic E-state index is 6.68. The number of hydrogen-bond acceptors (Lipinski definition) is 4. The number of nitrogens with zero attached hydrogens (tertiary/aromatic N) is 4. The van der Waals surface area contributed by atoms with Crippen LogP contribution in [0.3, 0.4) is 0 Å². The Bertz CT molecular complexity index is 770. The molecule has 0 bridgehead atoms. The Kier molecular flexibility index (Phi) is 7.77. The first kappa shape index (κ1) is 21.6. The minimum Gasteiger partial charge on any atom is -0.378 e. The van der Waals surface area contributed by atoms with E-state index in [1.54, 1.807) is 4.68 Å². The predicted molar refractivity (Wildman–Crippen MR) is 116 cm³/mol. The lowest BCUT2D eigenvalue weighted by molar-refractivity contribution is 0.00334. The molecule has 7 heteroatoms. The first-order valence-corrected chi connectivity index (χ1v) is 10.7. The fourth-order valence-corrected chi connectivity index (χ4v) is 4.09. The van der Waals surface area contributed by atoms with E-state index in [4.69, 9.17) is 27.9 Å². The standard InChI is InChI=1S/C21H30Cl2N4O/c1-16-20(21(23)27(24-16)18-7-4-6-17(22)14-18)15-26-11-8-19(9-12-26)28-13-5-10-25(2)3/h4,6-7,14,19H,5,8-13,15H2,1-3H3. The summed E-state index contributed by atoms with van der Waals surface area (Å²) in [6.45, 7) is 6.81. The number of aryl methyl sites for hydroxylation is 1. The molecule has 1 aliphatic heterocycles. The van der Waals surface area contributed by atoms with Crippen molar-refractivity contribution in [3.8, 4) is 5.69 Å². The van der Waals surface area contributed by atoms with Crippen LogP contribution in [0.25, 0.3) is 5.69 Å². The normalized spacial score (nSPS) is 16.2. The van der Waals surface area contributed by atoms with Gasteiger partial charge in [0.25, 0.3) is 0 Å². The van der Waals surface area contributed by atoms with E-state index in [2.05, 4.69) is 29.0 Å². The summed E-state index contributed by atoms with van der Waals surface area (Å²) in [5, 5.41) is 5.98. The van der Waals surface area contributed by atoms with Crippen molar-refractivity contribution in [3.63, 3.8) is 0 Å². The number of hydrogen-bond donors (Lipinski definition) is 0. The zero-order valence-corrected chi connectivity index (χ0v) is 18.5. The molecule has 0 amide bonds. The molecule has 0 N–H and O–H groups in total. The van der Waals surface area contributed by atoms with Crippen LogP contribution in [0.5, 0.6) is 0 Å². The van der Waals surface area contributed by atoms with Crippen LogP contribution in [-0.4, -0.2) is 66.0 Å². The summed E-state index contributed by atoms with van der Waals surface area (Å²) >= 11 is 12.8. The highest BCUT2D eigenvalue weighted by molar-refractivity contribution is 6.31. The van der Waals surface area contributed by atoms with Crippen LogP contribution in [0, 0.1) is 6.92 Å². The molecule has 1 fully saturated rings. The smallest absolute Gasteiger partial charge is 0.137 e. The van der Waals surface area contributed by atoms with Crippen molar-refractivity contribution in [3.05, 3.63) is 45.7 Å². The number of halogens is 2. The number of likely N-dealkylation sites (tertiary alicyclic amines) is 1. The number of benzene rings is 1. The molecule has 5 nitrogen and oxygen atoms in total. The highest BCUT2D eigenvalue weighted by atomic mass is 35.5. The van der Waals surface area contributed by atoms with Gasteiger partial charge in [-0.1, -0.05) is 29.3 Å². The summed E-state index contributed by atoms with van der Waals surface area (Å²) in [5.41, 5.74) is 2.94. The molecule has 1 aliphatic rings. The molecule has 1 aromatic heterocycles. The topological polar surface area (TPSA) is 33.5 Å². The highest BCUT2D eigenvalue weighted by Crippen LogP contribution is 2.27. The third-order valence-electron chi connectivity index (χ3n) is 5.19. The Hall–Kier alpha value is -1.11. The van der Waals surface area contributed by atoms with Crippen LogP contribution < -0.4 is 0 Å². The van der Waals surface area contributed by atoms with Gasteiger partial charge in [0.2, 0.25) is 0 Å². The zero-order chi connectivity index (χ0) is 20.1. The van der Waals surface area contributed by atoms with Crippen molar-refractivity contribution in [2.24, 2.45) is 0 Å². The van der Waals surface area contributed by atoms with Crippen molar-refractivity contribution in [1.29, 1.82) is 0 Å². The molecule has 28 heavy (non-hydrogen) atoms. The molecule has 3 rings (SSSR count). The predicted octanol–water partition coefficient (Wildman–Crippen LogP) is 4.42. The largest absolute Gasteiger partial charge is 0.378 e. The summed E-state index contributed by atoms with van der Waals surface area (Å²) in [5.74, 6) is 0. The molecule has 0 radical (unpaired) electrons. The maximum absolute atomic E-state index is 6.68. The van der Waals surface area contributed by atoms with Gasteiger partial charge >= 0.3 is 0 Å². The van der Waals surface area contributed by atoms with Gasteiger partial charge in [-0.15, -0.1) is 0 Å². The molecule has 0 aliphatic carbocycles. The Labute approximate surface area is 178 Å². The van der Waals surface area contributed by atoms with Gasteiger partial charge in [-0.2, -0.15) is 5.10 Å². The Morgan fingerprint density at radius 1 is 1.21 bits per heavy atom. The average Bonchev–Trinajstić information content (AvgIpc) is 2.94. The third kappa shape index (κ3) is 5.71. The van der Waals surface area contributed by atoms with E-state index in [1.165, 1.54) is 0 Å². The molecule has 1 saturated heterocycles. The van der Waals surface area contributed by atoms with E-state index in [0.29, 0.717) is 16.3 Å². The van der Waals surface area contributed by atoms with Crippen molar-refractivity contribution < 1.29 is 4.74 Å². The van der Waals surface area contributed by atoms with Crippen LogP contribution in [0.1, 0.15) is 30.5 Å². The molecule has 0 atom stereocenters. The summed E-state index contributed by atoms with van der Waals surface area (Å²) in [6, 6.07) is 7.60. The molecule has 1 aromatic carbocycles. The van der Waals surface area contributed by atoms with E-state index in [1.807, 2.05) is 31.2 Å². The van der Waals surface area contributed by atoms with Crippen LogP contribution in [0.15, 0.2) is 24.3 Å². The van der Waals surface area contributed by atoms with Gasteiger partial charge in [0, 0.05) is 36.8 Å². The van der Waals surface area contributed by atoms with Gasteiger partial charge in [0.15, 0.2) is 0 Å². The summed E-state index contributed by atoms with van der Waals surface area (Å²) in [4.78, 5) is 4.64. The quantitative estimate of drug-likeness (QED) is 0.587. The Morgan fingerprint density at radius 2 is 1.96 bits per heavy atom. The van der Waals surface area contributed by atoms with E-state index < -0.39 is 0 Å². The zero-order valence-electron chi connectivity index (χ0n) is 17.0. The second kappa shape index (κ2) is 10.1. The number of piperidine rings is 1. The van der Waals surface area contributed by atoms with Gasteiger partial charge in [0.1, 0.15) is 5.15 Å². The van der Waals surface area contributed by atoms with Crippen LogP contribution >= 0.6 is 23.2 Å². The summed E-state index contributed by atoms with van der Waals surface area (Å²) in [6.07, 6.45) is 3.61. The first-order valence-electron chi connectivity index (χ1n) is 9.92.